The summed E-state index contributed by atoms with van der Waals surface area (Å²) in [6.45, 7) is 6.62. The Morgan fingerprint density at radius 3 is 2.28 bits per heavy atom. The molecule has 2 aromatic carbocycles. The van der Waals surface area contributed by atoms with Gasteiger partial charge >= 0.3 is 0 Å². The van der Waals surface area contributed by atoms with Crippen molar-refractivity contribution in [2.75, 3.05) is 45.2 Å². The summed E-state index contributed by atoms with van der Waals surface area (Å²) in [6, 6.07) is 14.2. The zero-order chi connectivity index (χ0) is 25.2. The molecule has 0 saturated carbocycles. The number of piperidine rings is 1. The van der Waals surface area contributed by atoms with Gasteiger partial charge in [-0.1, -0.05) is 37.3 Å². The lowest BCUT2D eigenvalue weighted by Crippen LogP contribution is -2.42. The van der Waals surface area contributed by atoms with E-state index in [1.165, 1.54) is 11.3 Å². The normalized spacial score (nSPS) is 18.8. The number of carbonyl (C=O) groups excluding carboxylic acids is 1. The number of fused-ring (bicyclic) bond motifs is 1. The van der Waals surface area contributed by atoms with Crippen molar-refractivity contribution in [2.45, 2.75) is 31.6 Å². The van der Waals surface area contributed by atoms with Gasteiger partial charge in [-0.15, -0.1) is 12.4 Å². The summed E-state index contributed by atoms with van der Waals surface area (Å²) < 4.78 is 29.1. The predicted molar refractivity (Wildman–Crippen MR) is 150 cm³/mol. The highest BCUT2D eigenvalue weighted by atomic mass is 35.5. The van der Waals surface area contributed by atoms with Gasteiger partial charge in [-0.2, -0.15) is 4.31 Å². The van der Waals surface area contributed by atoms with E-state index in [0.717, 1.165) is 29.6 Å². The van der Waals surface area contributed by atoms with Gasteiger partial charge in [-0.05, 0) is 81.7 Å². The largest absolute Gasteiger partial charge is 0.309 e. The molecule has 0 spiro atoms. The topological polar surface area (TPSA) is 73.8 Å². The smallest absolute Gasteiger partial charge is 0.260 e. The summed E-state index contributed by atoms with van der Waals surface area (Å²) in [5.74, 6) is 0.491. The molecule has 2 heterocycles. The summed E-state index contributed by atoms with van der Waals surface area (Å²) in [6.07, 6.45) is 1.83. The third kappa shape index (κ3) is 6.44. The van der Waals surface area contributed by atoms with E-state index < -0.39 is 10.0 Å². The molecular formula is C26H35ClN4O3S2. The number of anilines is 1. The number of thiazole rings is 1. The fourth-order valence-electron chi connectivity index (χ4n) is 4.68. The minimum atomic E-state index is -3.59. The van der Waals surface area contributed by atoms with Crippen LogP contribution in [0.1, 0.15) is 37.0 Å². The summed E-state index contributed by atoms with van der Waals surface area (Å²) in [4.78, 5) is 22.3. The van der Waals surface area contributed by atoms with Crippen LogP contribution >= 0.6 is 23.7 Å². The molecule has 2 unspecified atom stereocenters. The number of amides is 1. The number of sulfonamides is 1. The van der Waals surface area contributed by atoms with Gasteiger partial charge in [0.25, 0.3) is 5.91 Å². The average molecular weight is 551 g/mol. The highest BCUT2D eigenvalue weighted by molar-refractivity contribution is 7.89. The van der Waals surface area contributed by atoms with E-state index in [1.54, 1.807) is 33.5 Å². The maximum absolute atomic E-state index is 13.6. The lowest BCUT2D eigenvalue weighted by Gasteiger charge is -2.34. The van der Waals surface area contributed by atoms with E-state index >= 15 is 0 Å². The Morgan fingerprint density at radius 2 is 1.67 bits per heavy atom. The molecule has 1 aliphatic rings. The molecule has 4 rings (SSSR count). The quantitative estimate of drug-likeness (QED) is 0.395. The molecule has 3 aromatic rings. The van der Waals surface area contributed by atoms with Gasteiger partial charge in [0.05, 0.1) is 15.1 Å². The summed E-state index contributed by atoms with van der Waals surface area (Å²) in [7, 11) is 0.422. The number of hydrogen-bond acceptors (Lipinski definition) is 6. The van der Waals surface area contributed by atoms with E-state index in [-0.39, 0.29) is 23.2 Å². The Balaban J connectivity index is 0.00000361. The van der Waals surface area contributed by atoms with Gasteiger partial charge in [0.2, 0.25) is 10.0 Å². The van der Waals surface area contributed by atoms with Gasteiger partial charge in [-0.25, -0.2) is 13.4 Å². The second kappa shape index (κ2) is 12.0. The Morgan fingerprint density at radius 1 is 1.03 bits per heavy atom. The first-order valence-electron chi connectivity index (χ1n) is 12.1. The monoisotopic (exact) mass is 550 g/mol. The fourth-order valence-corrected chi connectivity index (χ4v) is 7.35. The van der Waals surface area contributed by atoms with E-state index in [2.05, 4.69) is 18.7 Å². The van der Waals surface area contributed by atoms with Gasteiger partial charge < -0.3 is 4.90 Å². The van der Waals surface area contributed by atoms with Crippen molar-refractivity contribution >= 4 is 55.0 Å². The SMILES string of the molecule is CC1CC(C)CN(S(=O)(=O)c2ccc(C(=O)N(CCCN(C)C)c3nc4ccccc4s3)cc2)C1.Cl. The molecule has 1 fully saturated rings. The Bertz CT molecular complexity index is 1230. The van der Waals surface area contributed by atoms with E-state index in [1.807, 2.05) is 38.4 Å². The second-order valence-corrected chi connectivity index (χ2v) is 12.8. The molecular weight excluding hydrogens is 516 g/mol. The van der Waals surface area contributed by atoms with Crippen molar-refractivity contribution in [3.8, 4) is 0 Å². The molecule has 0 bridgehead atoms. The van der Waals surface area contributed by atoms with Gasteiger partial charge in [0.1, 0.15) is 0 Å². The highest BCUT2D eigenvalue weighted by Crippen LogP contribution is 2.31. The lowest BCUT2D eigenvalue weighted by molar-refractivity contribution is 0.0986. The number of nitrogens with zero attached hydrogens (tertiary/aromatic N) is 4. The van der Waals surface area contributed by atoms with Gasteiger partial charge in [0.15, 0.2) is 5.13 Å². The molecule has 7 nitrogen and oxygen atoms in total. The molecule has 1 saturated heterocycles. The minimum Gasteiger partial charge on any atom is -0.309 e. The van der Waals surface area contributed by atoms with Gasteiger partial charge in [0, 0.05) is 25.2 Å². The maximum atomic E-state index is 13.6. The standard InChI is InChI=1S/C26H34N4O3S2.ClH/c1-19-16-20(2)18-29(17-19)35(32,33)22-12-10-21(11-13-22)25(31)30(15-7-14-28(3)4)26-27-23-8-5-6-9-24(23)34-26;/h5-6,8-13,19-20H,7,14-18H2,1-4H3;1H. The van der Waals surface area contributed by atoms with Crippen LogP contribution in [0.5, 0.6) is 0 Å². The van der Waals surface area contributed by atoms with E-state index in [4.69, 9.17) is 4.98 Å². The van der Waals surface area contributed by atoms with Gasteiger partial charge in [-0.3, -0.25) is 9.69 Å². The zero-order valence-electron chi connectivity index (χ0n) is 21.3. The molecule has 10 heteroatoms. The first-order chi connectivity index (χ1) is 16.6. The van der Waals surface area contributed by atoms with Crippen LogP contribution in [0.15, 0.2) is 53.4 Å². The van der Waals surface area contributed by atoms with Crippen LogP contribution in [0.25, 0.3) is 10.2 Å². The van der Waals surface area contributed by atoms with Crippen LogP contribution < -0.4 is 4.90 Å². The molecule has 0 N–H and O–H groups in total. The van der Waals surface area contributed by atoms with E-state index in [0.29, 0.717) is 42.2 Å². The zero-order valence-corrected chi connectivity index (χ0v) is 23.7. The number of carbonyl (C=O) groups is 1. The average Bonchev–Trinajstić information content (AvgIpc) is 3.24. The van der Waals surface area contributed by atoms with Crippen molar-refractivity contribution in [1.29, 1.82) is 0 Å². The Hall–Kier alpha value is -2.04. The summed E-state index contributed by atoms with van der Waals surface area (Å²) >= 11 is 1.49. The third-order valence-electron chi connectivity index (χ3n) is 6.32. The van der Waals surface area contributed by atoms with Crippen LogP contribution in [0.3, 0.4) is 0 Å². The molecule has 0 aliphatic carbocycles. The van der Waals surface area contributed by atoms with Crippen LogP contribution in [0.2, 0.25) is 0 Å². The number of halogens is 1. The molecule has 1 aromatic heterocycles. The minimum absolute atomic E-state index is 0. The molecule has 1 aliphatic heterocycles. The van der Waals surface area contributed by atoms with E-state index in [9.17, 15) is 13.2 Å². The van der Waals surface area contributed by atoms with Crippen LogP contribution in [-0.4, -0.2) is 68.8 Å². The third-order valence-corrected chi connectivity index (χ3v) is 9.23. The number of para-hydroxylation sites is 1. The van der Waals surface area contributed by atoms with Crippen molar-refractivity contribution in [2.24, 2.45) is 11.8 Å². The van der Waals surface area contributed by atoms with Crippen molar-refractivity contribution in [1.82, 2.24) is 14.2 Å². The molecule has 36 heavy (non-hydrogen) atoms. The Kier molecular flexibility index (Phi) is 9.51. The number of aromatic nitrogens is 1. The predicted octanol–water partition coefficient (Wildman–Crippen LogP) is 4.98. The number of benzene rings is 2. The summed E-state index contributed by atoms with van der Waals surface area (Å²) in [5.41, 5.74) is 1.32. The van der Waals surface area contributed by atoms with Crippen molar-refractivity contribution in [3.05, 3.63) is 54.1 Å². The number of hydrogen-bond donors (Lipinski definition) is 0. The van der Waals surface area contributed by atoms with Crippen molar-refractivity contribution < 1.29 is 13.2 Å². The number of rotatable bonds is 8. The molecule has 0 radical (unpaired) electrons. The fraction of sp³-hybridized carbons (Fsp3) is 0.462. The summed E-state index contributed by atoms with van der Waals surface area (Å²) in [5, 5.41) is 0.656. The lowest BCUT2D eigenvalue weighted by atomic mass is 9.94. The van der Waals surface area contributed by atoms with Crippen LogP contribution in [-0.2, 0) is 10.0 Å². The van der Waals surface area contributed by atoms with Crippen LogP contribution in [0, 0.1) is 11.8 Å². The van der Waals surface area contributed by atoms with Crippen LogP contribution in [0.4, 0.5) is 5.13 Å². The highest BCUT2D eigenvalue weighted by Gasteiger charge is 2.32. The molecule has 2 atom stereocenters. The van der Waals surface area contributed by atoms with Crippen molar-refractivity contribution in [3.63, 3.8) is 0 Å². The first kappa shape index (κ1) is 28.5. The second-order valence-electron chi connectivity index (χ2n) is 9.87. The molecule has 1 amide bonds. The Labute approximate surface area is 224 Å². The maximum Gasteiger partial charge on any atom is 0.260 e. The first-order valence-corrected chi connectivity index (χ1v) is 14.3. The molecule has 196 valence electrons.